The molecule has 0 saturated heterocycles. The van der Waals surface area contributed by atoms with E-state index in [4.69, 9.17) is 5.73 Å². The van der Waals surface area contributed by atoms with E-state index in [1.807, 2.05) is 32.4 Å². The normalized spacial score (nSPS) is 11.3. The van der Waals surface area contributed by atoms with Crippen molar-refractivity contribution in [2.45, 2.75) is 6.42 Å². The summed E-state index contributed by atoms with van der Waals surface area (Å²) < 4.78 is 1.79. The summed E-state index contributed by atoms with van der Waals surface area (Å²) in [5, 5.41) is 7.74. The van der Waals surface area contributed by atoms with Crippen LogP contribution in [0.15, 0.2) is 18.3 Å². The first kappa shape index (κ1) is 12.8. The van der Waals surface area contributed by atoms with Crippen LogP contribution in [0.5, 0.6) is 0 Å². The summed E-state index contributed by atoms with van der Waals surface area (Å²) >= 11 is 0. The smallest absolute Gasteiger partial charge is 0.153 e. The molecule has 0 bridgehead atoms. The molecule has 0 aromatic carbocycles. The second-order valence-electron chi connectivity index (χ2n) is 4.52. The zero-order valence-corrected chi connectivity index (χ0v) is 10.9. The van der Waals surface area contributed by atoms with E-state index in [9.17, 15) is 0 Å². The molecule has 0 fully saturated rings. The van der Waals surface area contributed by atoms with Gasteiger partial charge in [-0.2, -0.15) is 0 Å². The van der Waals surface area contributed by atoms with Gasteiger partial charge in [-0.15, -0.1) is 5.10 Å². The van der Waals surface area contributed by atoms with Gasteiger partial charge in [-0.3, -0.25) is 0 Å². The van der Waals surface area contributed by atoms with Crippen LogP contribution in [0.25, 0.3) is 5.65 Å². The van der Waals surface area contributed by atoms with Crippen molar-refractivity contribution in [2.75, 3.05) is 39.0 Å². The number of nitrogens with two attached hydrogens (primary N) is 1. The van der Waals surface area contributed by atoms with Crippen molar-refractivity contribution in [3.05, 3.63) is 24.0 Å². The number of likely N-dealkylation sites (N-methyl/N-ethyl adjacent to an activating group) is 1. The highest BCUT2D eigenvalue weighted by atomic mass is 15.3. The highest BCUT2D eigenvalue weighted by Gasteiger charge is 2.03. The van der Waals surface area contributed by atoms with Gasteiger partial charge in [0.05, 0.1) is 11.9 Å². The molecule has 0 unspecified atom stereocenters. The van der Waals surface area contributed by atoms with E-state index in [1.54, 1.807) is 4.52 Å². The van der Waals surface area contributed by atoms with Crippen LogP contribution in [0.2, 0.25) is 0 Å². The Kier molecular flexibility index (Phi) is 4.11. The van der Waals surface area contributed by atoms with Gasteiger partial charge in [-0.25, -0.2) is 9.50 Å². The third-order valence-corrected chi connectivity index (χ3v) is 2.64. The minimum atomic E-state index is 0.609. The van der Waals surface area contributed by atoms with Crippen LogP contribution in [0.1, 0.15) is 5.69 Å². The first-order valence-electron chi connectivity index (χ1n) is 6.13. The Bertz CT molecular complexity index is 504. The maximum absolute atomic E-state index is 5.52. The van der Waals surface area contributed by atoms with E-state index < -0.39 is 0 Å². The van der Waals surface area contributed by atoms with Gasteiger partial charge in [0.25, 0.3) is 0 Å². The Labute approximate surface area is 107 Å². The number of aromatic nitrogens is 3. The predicted octanol–water partition coefficient (Wildman–Crippen LogP) is 0.204. The fourth-order valence-electron chi connectivity index (χ4n) is 1.70. The number of rotatable bonds is 6. The van der Waals surface area contributed by atoms with Crippen LogP contribution >= 0.6 is 0 Å². The van der Waals surface area contributed by atoms with Crippen LogP contribution in [-0.4, -0.2) is 53.2 Å². The standard InChI is InChI=1S/C12H20N6/c1-17(2)8-7-14-11-3-4-12-15-10(5-6-13)9-18(12)16-11/h3-4,9H,5-8,13H2,1-2H3,(H,14,16). The Hall–Kier alpha value is -1.66. The molecule has 0 aliphatic carbocycles. The summed E-state index contributed by atoms with van der Waals surface area (Å²) in [7, 11) is 4.10. The van der Waals surface area contributed by atoms with E-state index in [1.165, 1.54) is 0 Å². The number of hydrogen-bond donors (Lipinski definition) is 2. The van der Waals surface area contributed by atoms with E-state index >= 15 is 0 Å². The van der Waals surface area contributed by atoms with Crippen molar-refractivity contribution in [3.8, 4) is 0 Å². The van der Waals surface area contributed by atoms with Crippen molar-refractivity contribution in [3.63, 3.8) is 0 Å². The van der Waals surface area contributed by atoms with Crippen LogP contribution in [0.3, 0.4) is 0 Å². The Balaban J connectivity index is 2.06. The van der Waals surface area contributed by atoms with E-state index in [0.717, 1.165) is 36.7 Å². The summed E-state index contributed by atoms with van der Waals surface area (Å²) in [6, 6.07) is 3.91. The summed E-state index contributed by atoms with van der Waals surface area (Å²) in [6.45, 7) is 2.45. The van der Waals surface area contributed by atoms with Gasteiger partial charge < -0.3 is 16.0 Å². The summed E-state index contributed by atoms with van der Waals surface area (Å²) in [4.78, 5) is 6.56. The average molecular weight is 248 g/mol. The largest absolute Gasteiger partial charge is 0.367 e. The van der Waals surface area contributed by atoms with Crippen molar-refractivity contribution in [1.82, 2.24) is 19.5 Å². The molecule has 2 aromatic heterocycles. The molecule has 0 amide bonds. The maximum atomic E-state index is 5.52. The van der Waals surface area contributed by atoms with Crippen LogP contribution < -0.4 is 11.1 Å². The molecule has 0 radical (unpaired) electrons. The Morgan fingerprint density at radius 1 is 1.39 bits per heavy atom. The van der Waals surface area contributed by atoms with Gasteiger partial charge in [0, 0.05) is 19.5 Å². The first-order valence-corrected chi connectivity index (χ1v) is 6.13. The topological polar surface area (TPSA) is 71.5 Å². The second-order valence-corrected chi connectivity index (χ2v) is 4.52. The SMILES string of the molecule is CN(C)CCNc1ccc2nc(CCN)cn2n1. The van der Waals surface area contributed by atoms with Crippen LogP contribution in [-0.2, 0) is 6.42 Å². The molecule has 2 heterocycles. The summed E-state index contributed by atoms with van der Waals surface area (Å²) in [5.41, 5.74) is 7.36. The minimum absolute atomic E-state index is 0.609. The van der Waals surface area contributed by atoms with Crippen LogP contribution in [0.4, 0.5) is 5.82 Å². The lowest BCUT2D eigenvalue weighted by atomic mass is 10.3. The molecule has 2 rings (SSSR count). The predicted molar refractivity (Wildman–Crippen MR) is 72.8 cm³/mol. The van der Waals surface area contributed by atoms with Crippen molar-refractivity contribution < 1.29 is 0 Å². The quantitative estimate of drug-likeness (QED) is 0.764. The monoisotopic (exact) mass is 248 g/mol. The molecule has 98 valence electrons. The third-order valence-electron chi connectivity index (χ3n) is 2.64. The maximum Gasteiger partial charge on any atom is 0.153 e. The fourth-order valence-corrected chi connectivity index (χ4v) is 1.70. The van der Waals surface area contributed by atoms with Gasteiger partial charge in [-0.1, -0.05) is 0 Å². The molecule has 6 heteroatoms. The lowest BCUT2D eigenvalue weighted by molar-refractivity contribution is 0.425. The summed E-state index contributed by atoms with van der Waals surface area (Å²) in [5.74, 6) is 0.862. The Morgan fingerprint density at radius 3 is 2.94 bits per heavy atom. The lowest BCUT2D eigenvalue weighted by Crippen LogP contribution is -2.21. The zero-order chi connectivity index (χ0) is 13.0. The number of imidazole rings is 1. The van der Waals surface area contributed by atoms with Gasteiger partial charge in [0.15, 0.2) is 5.65 Å². The van der Waals surface area contributed by atoms with Crippen LogP contribution in [0, 0.1) is 0 Å². The molecule has 0 spiro atoms. The van der Waals surface area contributed by atoms with Crippen molar-refractivity contribution >= 4 is 11.5 Å². The molecular formula is C12H20N6. The number of fused-ring (bicyclic) bond motifs is 1. The minimum Gasteiger partial charge on any atom is -0.367 e. The molecule has 0 aliphatic heterocycles. The molecule has 3 N–H and O–H groups in total. The molecule has 2 aromatic rings. The van der Waals surface area contributed by atoms with E-state index in [2.05, 4.69) is 20.3 Å². The third kappa shape index (κ3) is 3.18. The number of anilines is 1. The highest BCUT2D eigenvalue weighted by Crippen LogP contribution is 2.08. The van der Waals surface area contributed by atoms with Crippen molar-refractivity contribution in [1.29, 1.82) is 0 Å². The number of nitrogens with one attached hydrogen (secondary N) is 1. The molecule has 18 heavy (non-hydrogen) atoms. The number of nitrogens with zero attached hydrogens (tertiary/aromatic N) is 4. The van der Waals surface area contributed by atoms with E-state index in [0.29, 0.717) is 6.54 Å². The van der Waals surface area contributed by atoms with Crippen molar-refractivity contribution in [2.24, 2.45) is 5.73 Å². The molecule has 6 nitrogen and oxygen atoms in total. The number of hydrogen-bond acceptors (Lipinski definition) is 5. The first-order chi connectivity index (χ1) is 8.69. The second kappa shape index (κ2) is 5.79. The molecule has 0 aliphatic rings. The van der Waals surface area contributed by atoms with Gasteiger partial charge in [0.1, 0.15) is 5.82 Å². The summed E-state index contributed by atoms with van der Waals surface area (Å²) in [6.07, 6.45) is 2.71. The lowest BCUT2D eigenvalue weighted by Gasteiger charge is -2.10. The molecular weight excluding hydrogens is 228 g/mol. The van der Waals surface area contributed by atoms with E-state index in [-0.39, 0.29) is 0 Å². The Morgan fingerprint density at radius 2 is 2.22 bits per heavy atom. The van der Waals surface area contributed by atoms with Gasteiger partial charge in [0.2, 0.25) is 0 Å². The fraction of sp³-hybridized carbons (Fsp3) is 0.500. The zero-order valence-electron chi connectivity index (χ0n) is 10.9. The van der Waals surface area contributed by atoms with Gasteiger partial charge in [-0.05, 0) is 32.8 Å². The van der Waals surface area contributed by atoms with Gasteiger partial charge >= 0.3 is 0 Å². The highest BCUT2D eigenvalue weighted by molar-refractivity contribution is 5.45. The molecule has 0 saturated carbocycles. The average Bonchev–Trinajstić information content (AvgIpc) is 2.70. The molecule has 0 atom stereocenters.